The van der Waals surface area contributed by atoms with Crippen molar-refractivity contribution in [2.24, 2.45) is 0 Å². The van der Waals surface area contributed by atoms with E-state index in [2.05, 4.69) is 57.8 Å². The SMILES string of the molecule is CCN1C2CCCCC2SC2CC3OC4C(Cl)C5NC6CC7C(CC6OC5C(Cl)C4NC3CC21)SC1CCCCC1N7CC. The molecule has 6 nitrogen and oxygen atoms in total. The summed E-state index contributed by atoms with van der Waals surface area (Å²) in [7, 11) is 0. The van der Waals surface area contributed by atoms with Gasteiger partial charge in [-0.05, 0) is 64.5 Å². The highest BCUT2D eigenvalue weighted by Crippen LogP contribution is 2.51. The molecule has 0 aromatic heterocycles. The second kappa shape index (κ2) is 12.4. The summed E-state index contributed by atoms with van der Waals surface area (Å²) in [4.78, 5) is 5.77. The monoisotopic (exact) mass is 684 g/mol. The summed E-state index contributed by atoms with van der Waals surface area (Å²) < 4.78 is 14.2. The standard InChI is InChI=1S/C34H54Cl2N4O2S2/c1-3-39-19-9-5-7-11-25(19)43-27-15-23-17(13-21(27)39)37-31-29(35)34-32(30(36)33(31)41-23)38-18-14-22-28(16-24(18)42-34)44-26-12-8-6-10-20(26)40(22)4-2/h17-34,37-38H,3-16H2,1-2H3. The number of nitrogens with zero attached hydrogens (tertiary/aromatic N) is 2. The number of alkyl halides is 2. The second-order valence-corrected chi connectivity index (χ2v) is 19.6. The van der Waals surface area contributed by atoms with Crippen LogP contribution in [0.4, 0.5) is 0 Å². The van der Waals surface area contributed by atoms with E-state index in [4.69, 9.17) is 32.7 Å². The molecule has 9 aliphatic rings. The number of morpholine rings is 2. The molecule has 248 valence electrons. The average Bonchev–Trinajstić information content (AvgIpc) is 3.05. The van der Waals surface area contributed by atoms with Gasteiger partial charge in [-0.3, -0.25) is 9.80 Å². The zero-order valence-electron chi connectivity index (χ0n) is 26.6. The van der Waals surface area contributed by atoms with E-state index < -0.39 is 0 Å². The Balaban J connectivity index is 0.915. The van der Waals surface area contributed by atoms with Crippen LogP contribution in [0.5, 0.6) is 0 Å². The first kappa shape index (κ1) is 31.1. The minimum Gasteiger partial charge on any atom is -0.370 e. The quantitative estimate of drug-likeness (QED) is 0.384. The van der Waals surface area contributed by atoms with Crippen molar-refractivity contribution in [1.29, 1.82) is 0 Å². The van der Waals surface area contributed by atoms with Crippen LogP contribution >= 0.6 is 46.7 Å². The Bertz CT molecular complexity index is 985. The Kier molecular flexibility index (Phi) is 8.77. The van der Waals surface area contributed by atoms with E-state index in [1.807, 2.05) is 0 Å². The third kappa shape index (κ3) is 5.02. The molecule has 4 saturated heterocycles. The van der Waals surface area contributed by atoms with Gasteiger partial charge in [-0.25, -0.2) is 0 Å². The first-order chi connectivity index (χ1) is 21.5. The van der Waals surface area contributed by atoms with Crippen LogP contribution in [0.3, 0.4) is 0 Å². The van der Waals surface area contributed by atoms with Gasteiger partial charge in [-0.1, -0.05) is 39.5 Å². The van der Waals surface area contributed by atoms with Gasteiger partial charge in [0, 0.05) is 57.3 Å². The summed E-state index contributed by atoms with van der Waals surface area (Å²) in [5.74, 6) is 0. The van der Waals surface area contributed by atoms with E-state index in [1.165, 1.54) is 64.5 Å². The minimum absolute atomic E-state index is 0.0318. The van der Waals surface area contributed by atoms with Gasteiger partial charge in [0.15, 0.2) is 0 Å². The fourth-order valence-electron chi connectivity index (χ4n) is 11.7. The highest BCUT2D eigenvalue weighted by Gasteiger charge is 2.61. The third-order valence-corrected chi connectivity index (χ3v) is 18.2. The highest BCUT2D eigenvalue weighted by molar-refractivity contribution is 8.00. The molecule has 18 unspecified atom stereocenters. The Hall–Kier alpha value is 1.04. The molecular formula is C34H54Cl2N4O2S2. The maximum Gasteiger partial charge on any atom is 0.0927 e. The fourth-order valence-corrected chi connectivity index (χ4v) is 16.6. The first-order valence-corrected chi connectivity index (χ1v) is 21.2. The van der Waals surface area contributed by atoms with Crippen molar-refractivity contribution in [2.45, 2.75) is 195 Å². The maximum atomic E-state index is 7.46. The topological polar surface area (TPSA) is 49.0 Å². The van der Waals surface area contributed by atoms with Crippen LogP contribution in [-0.4, -0.2) is 127 Å². The van der Waals surface area contributed by atoms with E-state index in [0.29, 0.717) is 34.7 Å². The van der Waals surface area contributed by atoms with Crippen LogP contribution in [-0.2, 0) is 9.47 Å². The van der Waals surface area contributed by atoms with E-state index in [1.54, 1.807) is 0 Å². The van der Waals surface area contributed by atoms with Gasteiger partial charge >= 0.3 is 0 Å². The lowest BCUT2D eigenvalue weighted by Gasteiger charge is -2.61. The maximum absolute atomic E-state index is 7.46. The number of nitrogens with one attached hydrogen (secondary N) is 2. The van der Waals surface area contributed by atoms with Gasteiger partial charge < -0.3 is 20.1 Å². The molecule has 18 atom stereocenters. The van der Waals surface area contributed by atoms with E-state index in [9.17, 15) is 0 Å². The van der Waals surface area contributed by atoms with E-state index in [-0.39, 0.29) is 47.3 Å². The molecule has 0 aromatic rings. The molecular weight excluding hydrogens is 631 g/mol. The molecule has 0 bridgehead atoms. The Morgan fingerprint density at radius 2 is 1.02 bits per heavy atom. The van der Waals surface area contributed by atoms with Crippen LogP contribution in [0.25, 0.3) is 0 Å². The normalized spacial score (nSPS) is 57.3. The lowest BCUT2D eigenvalue weighted by atomic mass is 9.76. The number of hydrogen-bond donors (Lipinski definition) is 2. The zero-order valence-corrected chi connectivity index (χ0v) is 29.7. The number of rotatable bonds is 2. The van der Waals surface area contributed by atoms with Crippen molar-refractivity contribution in [3.05, 3.63) is 0 Å². The second-order valence-electron chi connectivity index (χ2n) is 15.6. The van der Waals surface area contributed by atoms with Crippen LogP contribution in [0.2, 0.25) is 0 Å². The average molecular weight is 686 g/mol. The molecule has 44 heavy (non-hydrogen) atoms. The van der Waals surface area contributed by atoms with Crippen LogP contribution in [0.15, 0.2) is 0 Å². The zero-order chi connectivity index (χ0) is 29.7. The summed E-state index contributed by atoms with van der Waals surface area (Å²) >= 11 is 19.5. The van der Waals surface area contributed by atoms with Gasteiger partial charge in [0.2, 0.25) is 0 Å². The van der Waals surface area contributed by atoms with E-state index >= 15 is 0 Å². The molecule has 5 saturated carbocycles. The van der Waals surface area contributed by atoms with E-state index in [0.717, 1.165) is 48.3 Å². The number of fused-ring (bicyclic) bond motifs is 8. The molecule has 4 heterocycles. The summed E-state index contributed by atoms with van der Waals surface area (Å²) in [5, 5.41) is 10.8. The summed E-state index contributed by atoms with van der Waals surface area (Å²) in [6.45, 7) is 7.09. The smallest absolute Gasteiger partial charge is 0.0927 e. The van der Waals surface area contributed by atoms with Crippen LogP contribution < -0.4 is 10.6 Å². The van der Waals surface area contributed by atoms with Gasteiger partial charge in [0.05, 0.1) is 47.3 Å². The summed E-state index contributed by atoms with van der Waals surface area (Å²) in [6, 6.07) is 3.55. The van der Waals surface area contributed by atoms with Gasteiger partial charge in [-0.15, -0.1) is 23.2 Å². The summed E-state index contributed by atoms with van der Waals surface area (Å²) in [5.41, 5.74) is 0. The Morgan fingerprint density at radius 1 is 0.591 bits per heavy atom. The largest absolute Gasteiger partial charge is 0.370 e. The molecule has 4 aliphatic heterocycles. The van der Waals surface area contributed by atoms with Crippen molar-refractivity contribution in [3.8, 4) is 0 Å². The molecule has 0 spiro atoms. The number of hydrogen-bond acceptors (Lipinski definition) is 8. The number of ether oxygens (including phenoxy) is 2. The lowest BCUT2D eigenvalue weighted by Crippen LogP contribution is -2.79. The van der Waals surface area contributed by atoms with Crippen molar-refractivity contribution in [2.75, 3.05) is 13.1 Å². The molecule has 0 aromatic carbocycles. The van der Waals surface area contributed by atoms with Crippen LogP contribution in [0, 0.1) is 0 Å². The highest BCUT2D eigenvalue weighted by atomic mass is 35.5. The predicted octanol–water partition coefficient (Wildman–Crippen LogP) is 5.23. The van der Waals surface area contributed by atoms with Crippen molar-refractivity contribution < 1.29 is 9.47 Å². The summed E-state index contributed by atoms with van der Waals surface area (Å²) in [6.07, 6.45) is 16.0. The Labute approximate surface area is 283 Å². The molecule has 0 radical (unpaired) electrons. The van der Waals surface area contributed by atoms with Crippen LogP contribution in [0.1, 0.15) is 90.9 Å². The molecule has 9 rings (SSSR count). The fraction of sp³-hybridized carbons (Fsp3) is 1.00. The van der Waals surface area contributed by atoms with Gasteiger partial charge in [0.1, 0.15) is 0 Å². The van der Waals surface area contributed by atoms with Crippen molar-refractivity contribution in [1.82, 2.24) is 20.4 Å². The van der Waals surface area contributed by atoms with Crippen molar-refractivity contribution >= 4 is 46.7 Å². The molecule has 2 N–H and O–H groups in total. The number of halogens is 2. The molecule has 5 aliphatic carbocycles. The predicted molar refractivity (Wildman–Crippen MR) is 184 cm³/mol. The number of thioether (sulfide) groups is 2. The van der Waals surface area contributed by atoms with Gasteiger partial charge in [-0.2, -0.15) is 23.5 Å². The third-order valence-electron chi connectivity index (χ3n) is 13.6. The minimum atomic E-state index is -0.149. The first-order valence-electron chi connectivity index (χ1n) is 18.5. The van der Waals surface area contributed by atoms with Crippen molar-refractivity contribution in [3.63, 3.8) is 0 Å². The molecule has 10 heteroatoms. The molecule has 9 fully saturated rings. The molecule has 0 amide bonds. The van der Waals surface area contributed by atoms with Gasteiger partial charge in [0.25, 0.3) is 0 Å². The Morgan fingerprint density at radius 3 is 1.45 bits per heavy atom. The lowest BCUT2D eigenvalue weighted by molar-refractivity contribution is -0.174.